The maximum Gasteiger partial charge on any atom is 0.336 e. The first kappa shape index (κ1) is 26.1. The second-order valence-corrected chi connectivity index (χ2v) is 9.23. The molecule has 1 N–H and O–H groups in total. The number of benzene rings is 2. The van der Waals surface area contributed by atoms with Crippen molar-refractivity contribution < 1.29 is 23.0 Å². The lowest BCUT2D eigenvalue weighted by atomic mass is 9.70. The van der Waals surface area contributed by atoms with E-state index < -0.39 is 11.0 Å². The van der Waals surface area contributed by atoms with Gasteiger partial charge in [-0.25, -0.2) is 4.79 Å². The third-order valence-corrected chi connectivity index (χ3v) is 6.82. The first-order chi connectivity index (χ1) is 17.9. The highest BCUT2D eigenvalue weighted by molar-refractivity contribution is 5.99. The highest BCUT2D eigenvalue weighted by Crippen LogP contribution is 2.40. The van der Waals surface area contributed by atoms with Crippen molar-refractivity contribution in [3.8, 4) is 23.3 Å². The highest BCUT2D eigenvalue weighted by atomic mass is 16.5. The molecule has 0 aliphatic rings. The van der Waals surface area contributed by atoms with Crippen LogP contribution in [0.2, 0.25) is 0 Å². The summed E-state index contributed by atoms with van der Waals surface area (Å²) in [6.45, 7) is 5.79. The molecular formula is C29H32N2O6. The van der Waals surface area contributed by atoms with Crippen molar-refractivity contribution in [3.63, 3.8) is 0 Å². The summed E-state index contributed by atoms with van der Waals surface area (Å²) < 4.78 is 27.8. The average Bonchev–Trinajstić information content (AvgIpc) is 3.38. The van der Waals surface area contributed by atoms with Gasteiger partial charge in [0.2, 0.25) is 5.75 Å². The third kappa shape index (κ3) is 5.27. The van der Waals surface area contributed by atoms with Crippen molar-refractivity contribution in [2.45, 2.75) is 32.1 Å². The molecule has 0 radical (unpaired) electrons. The summed E-state index contributed by atoms with van der Waals surface area (Å²) >= 11 is 0. The second-order valence-electron chi connectivity index (χ2n) is 9.23. The molecule has 0 fully saturated rings. The predicted octanol–water partition coefficient (Wildman–Crippen LogP) is 5.42. The van der Waals surface area contributed by atoms with Crippen LogP contribution in [0.25, 0.3) is 21.9 Å². The fourth-order valence-corrected chi connectivity index (χ4v) is 4.71. The number of hydrogen-bond donors (Lipinski definition) is 1. The number of nitrogens with one attached hydrogen (secondary N) is 1. The number of ether oxygens (including phenoxy) is 3. The van der Waals surface area contributed by atoms with Crippen molar-refractivity contribution in [1.82, 2.24) is 5.32 Å². The fraction of sp³-hybridized carbons (Fsp3) is 0.379. The van der Waals surface area contributed by atoms with Crippen LogP contribution in [0.5, 0.6) is 17.2 Å². The molecule has 8 heteroatoms. The Labute approximate surface area is 215 Å². The number of nitriles is 1. The predicted molar refractivity (Wildman–Crippen MR) is 142 cm³/mol. The van der Waals surface area contributed by atoms with Gasteiger partial charge in [-0.1, -0.05) is 19.9 Å². The Hall–Kier alpha value is -3.96. The van der Waals surface area contributed by atoms with Crippen molar-refractivity contribution in [2.75, 3.05) is 33.9 Å². The van der Waals surface area contributed by atoms with E-state index >= 15 is 0 Å². The lowest BCUT2D eigenvalue weighted by Gasteiger charge is -2.32. The Kier molecular flexibility index (Phi) is 8.04. The van der Waals surface area contributed by atoms with Crippen LogP contribution < -0.4 is 25.2 Å². The SMILES string of the molecule is COc1ccc(C(C#N)(CCCNCCOc2c3occc3cc3ccc(=O)oc23)C(C)C)cc1OC. The lowest BCUT2D eigenvalue weighted by Crippen LogP contribution is -2.32. The van der Waals surface area contributed by atoms with E-state index in [1.54, 1.807) is 26.5 Å². The monoisotopic (exact) mass is 504 g/mol. The van der Waals surface area contributed by atoms with Crippen LogP contribution in [-0.4, -0.2) is 33.9 Å². The molecule has 0 aliphatic heterocycles. The summed E-state index contributed by atoms with van der Waals surface area (Å²) in [4.78, 5) is 11.8. The molecule has 194 valence electrons. The Morgan fingerprint density at radius 3 is 2.51 bits per heavy atom. The van der Waals surface area contributed by atoms with Gasteiger partial charge in [0.25, 0.3) is 0 Å². The van der Waals surface area contributed by atoms with E-state index in [0.717, 1.165) is 22.8 Å². The molecule has 0 bridgehead atoms. The van der Waals surface area contributed by atoms with Crippen LogP contribution in [0.1, 0.15) is 32.3 Å². The molecule has 0 saturated heterocycles. The zero-order valence-electron chi connectivity index (χ0n) is 21.6. The van der Waals surface area contributed by atoms with Crippen LogP contribution in [0.15, 0.2) is 62.4 Å². The Balaban J connectivity index is 1.37. The number of fused-ring (bicyclic) bond motifs is 2. The van der Waals surface area contributed by atoms with Crippen LogP contribution in [0.3, 0.4) is 0 Å². The number of methoxy groups -OCH3 is 2. The van der Waals surface area contributed by atoms with Gasteiger partial charge in [-0.15, -0.1) is 0 Å². The highest BCUT2D eigenvalue weighted by Gasteiger charge is 2.36. The van der Waals surface area contributed by atoms with E-state index in [4.69, 9.17) is 23.0 Å². The minimum Gasteiger partial charge on any atom is -0.493 e. The van der Waals surface area contributed by atoms with Crippen LogP contribution in [0, 0.1) is 17.2 Å². The van der Waals surface area contributed by atoms with Crippen molar-refractivity contribution >= 4 is 21.9 Å². The molecule has 2 aromatic heterocycles. The largest absolute Gasteiger partial charge is 0.493 e. The minimum atomic E-state index is -0.650. The Bertz CT molecular complexity index is 1470. The van der Waals surface area contributed by atoms with Crippen LogP contribution >= 0.6 is 0 Å². The molecule has 0 aliphatic carbocycles. The van der Waals surface area contributed by atoms with Gasteiger partial charge in [-0.3, -0.25) is 0 Å². The van der Waals surface area contributed by atoms with Gasteiger partial charge in [0.15, 0.2) is 22.7 Å². The molecule has 2 aromatic carbocycles. The third-order valence-electron chi connectivity index (χ3n) is 6.82. The Morgan fingerprint density at radius 1 is 1.00 bits per heavy atom. The molecule has 0 spiro atoms. The smallest absolute Gasteiger partial charge is 0.336 e. The van der Waals surface area contributed by atoms with E-state index in [1.165, 1.54) is 6.07 Å². The summed E-state index contributed by atoms with van der Waals surface area (Å²) in [5.41, 5.74) is 0.754. The number of rotatable bonds is 12. The van der Waals surface area contributed by atoms with Gasteiger partial charge in [-0.05, 0) is 61.2 Å². The van der Waals surface area contributed by atoms with Crippen molar-refractivity contribution in [2.24, 2.45) is 5.92 Å². The summed E-state index contributed by atoms with van der Waals surface area (Å²) in [6, 6.07) is 15.1. The summed E-state index contributed by atoms with van der Waals surface area (Å²) in [7, 11) is 3.19. The Morgan fingerprint density at radius 2 is 1.78 bits per heavy atom. The van der Waals surface area contributed by atoms with Gasteiger partial charge in [0.05, 0.1) is 32.0 Å². The van der Waals surface area contributed by atoms with E-state index in [0.29, 0.717) is 54.5 Å². The zero-order chi connectivity index (χ0) is 26.4. The molecule has 37 heavy (non-hydrogen) atoms. The quantitative estimate of drug-likeness (QED) is 0.201. The lowest BCUT2D eigenvalue weighted by molar-refractivity contribution is 0.306. The van der Waals surface area contributed by atoms with Gasteiger partial charge < -0.3 is 28.4 Å². The molecular weight excluding hydrogens is 472 g/mol. The maximum absolute atomic E-state index is 11.8. The zero-order valence-corrected chi connectivity index (χ0v) is 21.6. The topological polar surface area (TPSA) is 107 Å². The summed E-state index contributed by atoms with van der Waals surface area (Å²) in [6.07, 6.45) is 3.07. The molecule has 1 atom stereocenters. The summed E-state index contributed by atoms with van der Waals surface area (Å²) in [5, 5.41) is 15.3. The molecule has 0 saturated carbocycles. The number of furan rings is 1. The number of hydrogen-bond acceptors (Lipinski definition) is 8. The van der Waals surface area contributed by atoms with E-state index in [1.807, 2.05) is 30.3 Å². The molecule has 2 heterocycles. The first-order valence-electron chi connectivity index (χ1n) is 12.3. The molecule has 4 aromatic rings. The average molecular weight is 505 g/mol. The fourth-order valence-electron chi connectivity index (χ4n) is 4.71. The molecule has 4 rings (SSSR count). The van der Waals surface area contributed by atoms with Crippen LogP contribution in [-0.2, 0) is 5.41 Å². The van der Waals surface area contributed by atoms with E-state index in [2.05, 4.69) is 25.2 Å². The standard InChI is InChI=1S/C29H32N2O6/c1-19(2)29(18-30,22-7-8-23(33-3)24(17-22)34-4)11-5-12-31-13-15-36-28-26-21(10-14-35-26)16-20-6-9-25(32)37-27(20)28/h6-10,14,16-17,19,31H,5,11-13,15H2,1-4H3. The van der Waals surface area contributed by atoms with Crippen molar-refractivity contribution in [3.05, 3.63) is 64.7 Å². The van der Waals surface area contributed by atoms with Gasteiger partial charge in [0, 0.05) is 23.4 Å². The first-order valence-corrected chi connectivity index (χ1v) is 12.3. The van der Waals surface area contributed by atoms with E-state index in [-0.39, 0.29) is 5.92 Å². The maximum atomic E-state index is 11.8. The van der Waals surface area contributed by atoms with Gasteiger partial charge in [0.1, 0.15) is 6.61 Å². The van der Waals surface area contributed by atoms with Crippen molar-refractivity contribution in [1.29, 1.82) is 5.26 Å². The normalized spacial score (nSPS) is 13.0. The van der Waals surface area contributed by atoms with Crippen LogP contribution in [0.4, 0.5) is 0 Å². The second kappa shape index (κ2) is 11.4. The molecule has 1 unspecified atom stereocenters. The molecule has 0 amide bonds. The van der Waals surface area contributed by atoms with Gasteiger partial charge >= 0.3 is 5.63 Å². The summed E-state index contributed by atoms with van der Waals surface area (Å²) in [5.74, 6) is 1.79. The molecule has 8 nitrogen and oxygen atoms in total. The van der Waals surface area contributed by atoms with E-state index in [9.17, 15) is 10.1 Å². The number of nitrogens with zero attached hydrogens (tertiary/aromatic N) is 1. The minimum absolute atomic E-state index is 0.107. The van der Waals surface area contributed by atoms with Gasteiger partial charge in [-0.2, -0.15) is 5.26 Å².